The molecule has 0 saturated carbocycles. The minimum Gasteiger partial charge on any atom is -0.481 e. The first kappa shape index (κ1) is 14.8. The van der Waals surface area contributed by atoms with Crippen molar-refractivity contribution in [3.05, 3.63) is 23.9 Å². The fourth-order valence-corrected chi connectivity index (χ4v) is 1.22. The largest absolute Gasteiger partial charge is 0.481 e. The van der Waals surface area contributed by atoms with Crippen LogP contribution >= 0.6 is 12.2 Å². The number of nitrogens with two attached hydrogens (primary N) is 1. The van der Waals surface area contributed by atoms with Gasteiger partial charge in [0.2, 0.25) is 5.88 Å². The zero-order valence-electron chi connectivity index (χ0n) is 10.3. The molecule has 4 N–H and O–H groups in total. The van der Waals surface area contributed by atoms with E-state index in [4.69, 9.17) is 10.5 Å². The van der Waals surface area contributed by atoms with Crippen molar-refractivity contribution in [2.75, 3.05) is 13.7 Å². The summed E-state index contributed by atoms with van der Waals surface area (Å²) in [5, 5.41) is 4.73. The highest BCUT2D eigenvalue weighted by Crippen LogP contribution is 2.05. The van der Waals surface area contributed by atoms with Crippen LogP contribution in [0.5, 0.6) is 5.88 Å². The Morgan fingerprint density at radius 2 is 2.05 bits per heavy atom. The summed E-state index contributed by atoms with van der Waals surface area (Å²) in [7, 11) is 1.51. The number of pyridine rings is 1. The second-order valence-electron chi connectivity index (χ2n) is 3.54. The van der Waals surface area contributed by atoms with Gasteiger partial charge in [-0.2, -0.15) is 0 Å². The van der Waals surface area contributed by atoms with Crippen molar-refractivity contribution in [3.63, 3.8) is 0 Å². The van der Waals surface area contributed by atoms with Crippen LogP contribution in [-0.4, -0.2) is 35.4 Å². The predicted octanol–water partition coefficient (Wildman–Crippen LogP) is -0.891. The molecule has 0 unspecified atom stereocenters. The summed E-state index contributed by atoms with van der Waals surface area (Å²) in [6.07, 6.45) is 1.55. The molecule has 0 aliphatic heterocycles. The number of hydrogen-bond acceptors (Lipinski definition) is 5. The van der Waals surface area contributed by atoms with Crippen molar-refractivity contribution in [1.29, 1.82) is 0 Å². The quantitative estimate of drug-likeness (QED) is 0.478. The van der Waals surface area contributed by atoms with Gasteiger partial charge in [-0.1, -0.05) is 18.3 Å². The summed E-state index contributed by atoms with van der Waals surface area (Å²) in [5.41, 5.74) is 5.94. The number of thiocarbonyl (C=S) groups is 1. The lowest BCUT2D eigenvalue weighted by atomic mass is 10.3. The molecule has 1 aromatic heterocycles. The molecular weight excluding hydrogens is 268 g/mol. The van der Waals surface area contributed by atoms with Gasteiger partial charge in [-0.25, -0.2) is 4.98 Å². The minimum absolute atomic E-state index is 0.00826. The molecule has 0 aliphatic carbocycles. The maximum absolute atomic E-state index is 11.4. The van der Waals surface area contributed by atoms with Crippen LogP contribution in [0.3, 0.4) is 0 Å². The maximum Gasteiger partial charge on any atom is 0.309 e. The third-order valence-corrected chi connectivity index (χ3v) is 2.23. The van der Waals surface area contributed by atoms with E-state index in [9.17, 15) is 9.59 Å². The van der Waals surface area contributed by atoms with E-state index in [1.165, 1.54) is 7.11 Å². The van der Waals surface area contributed by atoms with Crippen molar-refractivity contribution in [1.82, 2.24) is 15.6 Å². The molecule has 0 spiro atoms. The third kappa shape index (κ3) is 5.30. The Kier molecular flexibility index (Phi) is 5.68. The third-order valence-electron chi connectivity index (χ3n) is 2.09. The van der Waals surface area contributed by atoms with Crippen molar-refractivity contribution in [2.45, 2.75) is 6.54 Å². The first-order valence-electron chi connectivity index (χ1n) is 5.36. The van der Waals surface area contributed by atoms with Gasteiger partial charge in [0.15, 0.2) is 0 Å². The Balaban J connectivity index is 2.40. The molecular formula is C11H14N4O3S. The molecule has 0 atom stereocenters. The molecule has 8 heteroatoms. The molecule has 0 aliphatic rings. The number of nitrogens with one attached hydrogen (secondary N) is 2. The number of nitrogens with zero attached hydrogens (tertiary/aromatic N) is 1. The summed E-state index contributed by atoms with van der Waals surface area (Å²) in [5.74, 6) is -1.06. The fourth-order valence-electron chi connectivity index (χ4n) is 1.15. The second kappa shape index (κ2) is 7.27. The Morgan fingerprint density at radius 1 is 1.37 bits per heavy atom. The molecule has 7 nitrogen and oxygen atoms in total. The lowest BCUT2D eigenvalue weighted by Gasteiger charge is -2.06. The van der Waals surface area contributed by atoms with Crippen molar-refractivity contribution >= 4 is 29.0 Å². The van der Waals surface area contributed by atoms with Crippen molar-refractivity contribution < 1.29 is 14.3 Å². The predicted molar refractivity (Wildman–Crippen MR) is 72.4 cm³/mol. The van der Waals surface area contributed by atoms with Crippen molar-refractivity contribution in [3.8, 4) is 5.88 Å². The number of ether oxygens (including phenoxy) is 1. The zero-order valence-corrected chi connectivity index (χ0v) is 11.1. The number of amides is 2. The summed E-state index contributed by atoms with van der Waals surface area (Å²) in [4.78, 5) is 26.8. The Hall–Kier alpha value is -2.22. The first-order valence-corrected chi connectivity index (χ1v) is 5.77. The lowest BCUT2D eigenvalue weighted by Crippen LogP contribution is -2.42. The molecule has 0 fully saturated rings. The van der Waals surface area contributed by atoms with Gasteiger partial charge < -0.3 is 21.1 Å². The van der Waals surface area contributed by atoms with E-state index >= 15 is 0 Å². The van der Waals surface area contributed by atoms with Gasteiger partial charge in [-0.05, 0) is 5.56 Å². The van der Waals surface area contributed by atoms with Gasteiger partial charge >= 0.3 is 11.8 Å². The molecule has 1 rings (SSSR count). The maximum atomic E-state index is 11.4. The summed E-state index contributed by atoms with van der Waals surface area (Å²) in [6, 6.07) is 3.40. The van der Waals surface area contributed by atoms with Crippen LogP contribution in [0.2, 0.25) is 0 Å². The summed E-state index contributed by atoms with van der Waals surface area (Å²) >= 11 is 4.58. The van der Waals surface area contributed by atoms with Crippen LogP contribution in [0.25, 0.3) is 0 Å². The highest BCUT2D eigenvalue weighted by Gasteiger charge is 2.12. The van der Waals surface area contributed by atoms with Gasteiger partial charge in [-0.3, -0.25) is 9.59 Å². The molecule has 102 valence electrons. The molecule has 1 aromatic rings. The smallest absolute Gasteiger partial charge is 0.309 e. The van der Waals surface area contributed by atoms with Gasteiger partial charge in [0, 0.05) is 18.8 Å². The van der Waals surface area contributed by atoms with Crippen LogP contribution in [0.1, 0.15) is 5.56 Å². The second-order valence-corrected chi connectivity index (χ2v) is 4.06. The summed E-state index contributed by atoms with van der Waals surface area (Å²) in [6.45, 7) is 0.183. The van der Waals surface area contributed by atoms with E-state index in [0.717, 1.165) is 5.56 Å². The molecule has 2 amide bonds. The Labute approximate surface area is 115 Å². The van der Waals surface area contributed by atoms with Crippen molar-refractivity contribution in [2.24, 2.45) is 5.73 Å². The number of carbonyl (C=O) groups is 2. The molecule has 0 aromatic carbocycles. The number of carbonyl (C=O) groups excluding carboxylic acids is 2. The van der Waals surface area contributed by atoms with E-state index in [1.54, 1.807) is 18.3 Å². The average molecular weight is 282 g/mol. The monoisotopic (exact) mass is 282 g/mol. The normalized spacial score (nSPS) is 9.53. The van der Waals surface area contributed by atoms with E-state index in [2.05, 4.69) is 27.8 Å². The van der Waals surface area contributed by atoms with E-state index in [0.29, 0.717) is 5.88 Å². The average Bonchev–Trinajstić information content (AvgIpc) is 2.42. The van der Waals surface area contributed by atoms with Crippen LogP contribution in [0.4, 0.5) is 0 Å². The van der Waals surface area contributed by atoms with Gasteiger partial charge in [0.1, 0.15) is 0 Å². The number of hydrogen-bond donors (Lipinski definition) is 3. The van der Waals surface area contributed by atoms with E-state index < -0.39 is 11.8 Å². The number of rotatable bonds is 5. The van der Waals surface area contributed by atoms with Gasteiger partial charge in [0.25, 0.3) is 0 Å². The zero-order chi connectivity index (χ0) is 14.3. The van der Waals surface area contributed by atoms with Gasteiger partial charge in [0.05, 0.1) is 18.6 Å². The lowest BCUT2D eigenvalue weighted by molar-refractivity contribution is -0.139. The van der Waals surface area contributed by atoms with Crippen LogP contribution in [-0.2, 0) is 16.1 Å². The molecule has 0 radical (unpaired) electrons. The standard InChI is InChI=1S/C11H14N4O3S/c1-18-9-3-2-7(4-13-9)5-14-10(16)11(17)15-6-8(12)19/h2-4H,5-6H2,1H3,(H2,12,19)(H,14,16)(H,15,17). The molecule has 0 bridgehead atoms. The topological polar surface area (TPSA) is 106 Å². The summed E-state index contributed by atoms with van der Waals surface area (Å²) < 4.78 is 4.90. The number of methoxy groups -OCH3 is 1. The van der Waals surface area contributed by atoms with E-state index in [-0.39, 0.29) is 18.1 Å². The van der Waals surface area contributed by atoms with E-state index in [1.807, 2.05) is 0 Å². The van der Waals surface area contributed by atoms with Crippen LogP contribution in [0.15, 0.2) is 18.3 Å². The highest BCUT2D eigenvalue weighted by atomic mass is 32.1. The number of aromatic nitrogens is 1. The molecule has 19 heavy (non-hydrogen) atoms. The Morgan fingerprint density at radius 3 is 2.58 bits per heavy atom. The van der Waals surface area contributed by atoms with Crippen LogP contribution < -0.4 is 21.1 Å². The van der Waals surface area contributed by atoms with Gasteiger partial charge in [-0.15, -0.1) is 0 Å². The highest BCUT2D eigenvalue weighted by molar-refractivity contribution is 7.80. The SMILES string of the molecule is COc1ccc(CNC(=O)C(=O)NCC(N)=S)cn1. The molecule has 0 saturated heterocycles. The minimum atomic E-state index is -0.783. The molecule has 1 heterocycles. The first-order chi connectivity index (χ1) is 9.02. The van der Waals surface area contributed by atoms with Crippen LogP contribution in [0, 0.1) is 0 Å². The Bertz CT molecular complexity index is 475. The fraction of sp³-hybridized carbons (Fsp3) is 0.273.